The number of hydrogen-bond acceptors (Lipinski definition) is 7. The average molecular weight is 480 g/mol. The zero-order valence-electron chi connectivity index (χ0n) is 19.0. The fraction of sp³-hybridized carbons (Fsp3) is 0.522. The highest BCUT2D eigenvalue weighted by atomic mass is 19.3. The number of ether oxygens (including phenoxy) is 3. The molecule has 1 aliphatic carbocycles. The number of methoxy groups -OCH3 is 1. The Hall–Kier alpha value is -2.76. The van der Waals surface area contributed by atoms with E-state index in [2.05, 4.69) is 20.6 Å². The van der Waals surface area contributed by atoms with Crippen molar-refractivity contribution in [2.45, 2.75) is 51.0 Å². The molecule has 1 saturated heterocycles. The van der Waals surface area contributed by atoms with Crippen LogP contribution in [-0.2, 0) is 32.0 Å². The maximum Gasteiger partial charge on any atom is 0.266 e. The summed E-state index contributed by atoms with van der Waals surface area (Å²) in [6.07, 6.45) is -2.09. The largest absolute Gasteiger partial charge is 0.382 e. The molecule has 0 bridgehead atoms. The minimum atomic E-state index is -2.92. The van der Waals surface area contributed by atoms with Crippen LogP contribution >= 0.6 is 0 Å². The Bertz CT molecular complexity index is 1040. The van der Waals surface area contributed by atoms with E-state index in [1.54, 1.807) is 14.0 Å². The molecule has 2 N–H and O–H groups in total. The van der Waals surface area contributed by atoms with Crippen molar-refractivity contribution in [1.29, 1.82) is 0 Å². The van der Waals surface area contributed by atoms with Crippen molar-refractivity contribution in [3.05, 3.63) is 52.2 Å². The van der Waals surface area contributed by atoms with Gasteiger partial charge in [0.15, 0.2) is 6.29 Å². The summed E-state index contributed by atoms with van der Waals surface area (Å²) in [6, 6.07) is 3.85. The fourth-order valence-electron chi connectivity index (χ4n) is 3.99. The summed E-state index contributed by atoms with van der Waals surface area (Å²) in [5.41, 5.74) is -0.108. The van der Waals surface area contributed by atoms with E-state index in [0.29, 0.717) is 42.7 Å². The molecule has 0 radical (unpaired) electrons. The first-order chi connectivity index (χ1) is 16.3. The predicted octanol–water partition coefficient (Wildman–Crippen LogP) is 3.36. The molecule has 34 heavy (non-hydrogen) atoms. The van der Waals surface area contributed by atoms with Crippen molar-refractivity contribution in [3.8, 4) is 0 Å². The molecule has 1 aliphatic heterocycles. The standard InChI is InChI=1S/C23H27F3N4O4/c1-13-28-16(10-17(31)30-23(6-7-23)12-32-2)18(22-33-8-9-34-22)21(29-13)27-11-14-4-3-5-15(19(14)24)20(25)26/h3-5,20,22H,6-12H2,1-2H3,(H,30,31)(H,27,28,29). The molecule has 184 valence electrons. The Morgan fingerprint density at radius 2 is 2.00 bits per heavy atom. The molecule has 2 heterocycles. The third kappa shape index (κ3) is 5.48. The van der Waals surface area contributed by atoms with Crippen molar-refractivity contribution in [2.24, 2.45) is 0 Å². The highest BCUT2D eigenvalue weighted by Crippen LogP contribution is 2.36. The van der Waals surface area contributed by atoms with E-state index < -0.39 is 24.1 Å². The van der Waals surface area contributed by atoms with Crippen molar-refractivity contribution in [1.82, 2.24) is 15.3 Å². The molecule has 1 aromatic heterocycles. The number of carbonyl (C=O) groups excluding carboxylic acids is 1. The van der Waals surface area contributed by atoms with Gasteiger partial charge in [0, 0.05) is 19.2 Å². The van der Waals surface area contributed by atoms with Gasteiger partial charge in [-0.15, -0.1) is 0 Å². The van der Waals surface area contributed by atoms with E-state index in [4.69, 9.17) is 14.2 Å². The summed E-state index contributed by atoms with van der Waals surface area (Å²) in [6.45, 7) is 2.69. The fourth-order valence-corrected chi connectivity index (χ4v) is 3.99. The Morgan fingerprint density at radius 1 is 1.26 bits per heavy atom. The minimum Gasteiger partial charge on any atom is -0.382 e. The third-order valence-electron chi connectivity index (χ3n) is 5.79. The van der Waals surface area contributed by atoms with E-state index in [9.17, 15) is 18.0 Å². The van der Waals surface area contributed by atoms with Crippen LogP contribution in [0.4, 0.5) is 19.0 Å². The lowest BCUT2D eigenvalue weighted by atomic mass is 10.1. The monoisotopic (exact) mass is 480 g/mol. The van der Waals surface area contributed by atoms with Crippen LogP contribution in [0.15, 0.2) is 18.2 Å². The number of benzene rings is 1. The van der Waals surface area contributed by atoms with Gasteiger partial charge in [0.25, 0.3) is 6.43 Å². The topological polar surface area (TPSA) is 94.6 Å². The van der Waals surface area contributed by atoms with Gasteiger partial charge in [-0.1, -0.05) is 18.2 Å². The Labute approximate surface area is 195 Å². The number of rotatable bonds is 10. The highest BCUT2D eigenvalue weighted by Gasteiger charge is 2.44. The molecular weight excluding hydrogens is 453 g/mol. The van der Waals surface area contributed by atoms with Gasteiger partial charge in [-0.25, -0.2) is 23.1 Å². The van der Waals surface area contributed by atoms with Crippen LogP contribution in [0.1, 0.15) is 53.8 Å². The van der Waals surface area contributed by atoms with E-state index in [-0.39, 0.29) is 30.0 Å². The van der Waals surface area contributed by atoms with Gasteiger partial charge < -0.3 is 24.8 Å². The minimum absolute atomic E-state index is 0.0444. The molecule has 2 aromatic rings. The number of amides is 1. The van der Waals surface area contributed by atoms with Crippen LogP contribution in [0, 0.1) is 12.7 Å². The van der Waals surface area contributed by atoms with Gasteiger partial charge in [0.1, 0.15) is 17.5 Å². The maximum absolute atomic E-state index is 14.5. The number of nitrogens with one attached hydrogen (secondary N) is 2. The Balaban J connectivity index is 1.59. The Morgan fingerprint density at radius 3 is 2.65 bits per heavy atom. The molecule has 4 rings (SSSR count). The van der Waals surface area contributed by atoms with E-state index in [1.807, 2.05) is 0 Å². The van der Waals surface area contributed by atoms with Crippen molar-refractivity contribution in [2.75, 3.05) is 32.2 Å². The first-order valence-corrected chi connectivity index (χ1v) is 11.0. The molecule has 1 saturated carbocycles. The number of aromatic nitrogens is 2. The number of alkyl halides is 2. The van der Waals surface area contributed by atoms with Gasteiger partial charge in [-0.2, -0.15) is 0 Å². The zero-order valence-corrected chi connectivity index (χ0v) is 19.0. The number of halogens is 3. The second-order valence-electron chi connectivity index (χ2n) is 8.47. The molecule has 2 fully saturated rings. The summed E-state index contributed by atoms with van der Waals surface area (Å²) in [5, 5.41) is 6.01. The molecule has 0 spiro atoms. The second kappa shape index (κ2) is 10.2. The van der Waals surface area contributed by atoms with Crippen LogP contribution in [0.2, 0.25) is 0 Å². The van der Waals surface area contributed by atoms with E-state index in [1.165, 1.54) is 12.1 Å². The van der Waals surface area contributed by atoms with Crippen LogP contribution in [0.25, 0.3) is 0 Å². The highest BCUT2D eigenvalue weighted by molar-refractivity contribution is 5.80. The zero-order chi connectivity index (χ0) is 24.3. The summed E-state index contributed by atoms with van der Waals surface area (Å²) in [7, 11) is 1.59. The van der Waals surface area contributed by atoms with Gasteiger partial charge in [-0.3, -0.25) is 4.79 Å². The number of anilines is 1. The van der Waals surface area contributed by atoms with E-state index >= 15 is 0 Å². The van der Waals surface area contributed by atoms with Crippen molar-refractivity contribution < 1.29 is 32.2 Å². The van der Waals surface area contributed by atoms with Gasteiger partial charge in [0.2, 0.25) is 5.91 Å². The van der Waals surface area contributed by atoms with Gasteiger partial charge in [-0.05, 0) is 19.8 Å². The molecule has 0 unspecified atom stereocenters. The van der Waals surface area contributed by atoms with Crippen LogP contribution in [0.3, 0.4) is 0 Å². The lowest BCUT2D eigenvalue weighted by Gasteiger charge is -2.21. The first kappa shape index (κ1) is 24.4. The first-order valence-electron chi connectivity index (χ1n) is 11.0. The van der Waals surface area contributed by atoms with Crippen LogP contribution in [-0.4, -0.2) is 48.3 Å². The average Bonchev–Trinajstić information content (AvgIpc) is 3.30. The van der Waals surface area contributed by atoms with Crippen molar-refractivity contribution in [3.63, 3.8) is 0 Å². The summed E-state index contributed by atoms with van der Waals surface area (Å²) in [5.74, 6) is -0.527. The lowest BCUT2D eigenvalue weighted by molar-refractivity contribution is -0.121. The summed E-state index contributed by atoms with van der Waals surface area (Å²) in [4.78, 5) is 21.7. The number of nitrogens with zero attached hydrogens (tertiary/aromatic N) is 2. The molecular formula is C23H27F3N4O4. The quantitative estimate of drug-likeness (QED) is 0.539. The molecule has 2 aliphatic rings. The molecule has 0 atom stereocenters. The molecule has 11 heteroatoms. The van der Waals surface area contributed by atoms with E-state index in [0.717, 1.165) is 18.9 Å². The SMILES string of the molecule is COCC1(NC(=O)Cc2nc(C)nc(NCc3cccc(C(F)F)c3F)c2C2OCCO2)CC1. The predicted molar refractivity (Wildman–Crippen MR) is 116 cm³/mol. The smallest absolute Gasteiger partial charge is 0.266 e. The third-order valence-corrected chi connectivity index (χ3v) is 5.79. The molecule has 8 nitrogen and oxygen atoms in total. The lowest BCUT2D eigenvalue weighted by Crippen LogP contribution is -2.41. The number of aryl methyl sites for hydroxylation is 1. The van der Waals surface area contributed by atoms with Crippen molar-refractivity contribution >= 4 is 11.7 Å². The normalized spacial score (nSPS) is 17.2. The second-order valence-corrected chi connectivity index (χ2v) is 8.47. The Kier molecular flexibility index (Phi) is 7.34. The number of carbonyl (C=O) groups is 1. The van der Waals surface area contributed by atoms with Gasteiger partial charge >= 0.3 is 0 Å². The van der Waals surface area contributed by atoms with Crippen LogP contribution in [0.5, 0.6) is 0 Å². The molecule has 1 amide bonds. The van der Waals surface area contributed by atoms with Crippen LogP contribution < -0.4 is 10.6 Å². The summed E-state index contributed by atoms with van der Waals surface area (Å²) < 4.78 is 57.2. The summed E-state index contributed by atoms with van der Waals surface area (Å²) >= 11 is 0. The number of hydrogen-bond donors (Lipinski definition) is 2. The van der Waals surface area contributed by atoms with Gasteiger partial charge in [0.05, 0.1) is 48.6 Å². The molecule has 1 aromatic carbocycles. The maximum atomic E-state index is 14.5.